The average molecular weight is 252 g/mol. The minimum absolute atomic E-state index is 0.0349. The molecule has 0 spiro atoms. The molecule has 1 amide bonds. The van der Waals surface area contributed by atoms with Gasteiger partial charge in [-0.2, -0.15) is 0 Å². The van der Waals surface area contributed by atoms with E-state index in [1.807, 2.05) is 25.3 Å². The van der Waals surface area contributed by atoms with Gasteiger partial charge in [0.05, 0.1) is 0 Å². The number of benzene rings is 1. The number of amides is 1. The first-order valence-corrected chi connectivity index (χ1v) is 6.49. The summed E-state index contributed by atoms with van der Waals surface area (Å²) in [6.07, 6.45) is 4.57. The number of fused-ring (bicyclic) bond motifs is 1. The lowest BCUT2D eigenvalue weighted by atomic mass is 9.88. The number of nitrogens with zero attached hydrogens (tertiary/aromatic N) is 1. The molecular formula is C16H16N2O. The minimum Gasteiger partial charge on any atom is -0.352 e. The van der Waals surface area contributed by atoms with Crippen molar-refractivity contribution in [1.29, 1.82) is 0 Å². The van der Waals surface area contributed by atoms with E-state index in [1.54, 1.807) is 6.20 Å². The molecule has 0 saturated carbocycles. The second-order valence-electron chi connectivity index (χ2n) is 5.04. The third-order valence-electron chi connectivity index (χ3n) is 3.63. The number of carbonyl (C=O) groups excluding carboxylic acids is 1. The lowest BCUT2D eigenvalue weighted by Gasteiger charge is -2.21. The number of aromatic nitrogens is 1. The van der Waals surface area contributed by atoms with Gasteiger partial charge in [0.2, 0.25) is 0 Å². The first-order valence-electron chi connectivity index (χ1n) is 6.49. The molecule has 0 unspecified atom stereocenters. The van der Waals surface area contributed by atoms with Gasteiger partial charge in [-0.15, -0.1) is 0 Å². The van der Waals surface area contributed by atoms with Crippen LogP contribution in [0.1, 0.15) is 27.0 Å². The Balaban J connectivity index is 2.27. The van der Waals surface area contributed by atoms with E-state index in [2.05, 4.69) is 23.3 Å². The molecule has 0 fully saturated rings. The van der Waals surface area contributed by atoms with E-state index in [0.29, 0.717) is 6.54 Å². The molecule has 2 aromatic rings. The molecule has 3 heteroatoms. The molecule has 3 nitrogen and oxygen atoms in total. The zero-order chi connectivity index (χ0) is 13.4. The molecule has 1 aliphatic heterocycles. The van der Waals surface area contributed by atoms with Crippen molar-refractivity contribution in [2.45, 2.75) is 20.3 Å². The molecule has 3 rings (SSSR count). The Morgan fingerprint density at radius 1 is 1.16 bits per heavy atom. The highest BCUT2D eigenvalue weighted by atomic mass is 16.1. The van der Waals surface area contributed by atoms with E-state index in [1.165, 1.54) is 5.56 Å². The Morgan fingerprint density at radius 3 is 2.74 bits per heavy atom. The maximum Gasteiger partial charge on any atom is 0.251 e. The predicted octanol–water partition coefficient (Wildman–Crippen LogP) is 2.65. The van der Waals surface area contributed by atoms with Crippen molar-refractivity contribution in [3.8, 4) is 11.1 Å². The van der Waals surface area contributed by atoms with E-state index in [9.17, 15) is 4.79 Å². The minimum atomic E-state index is 0.0349. The zero-order valence-electron chi connectivity index (χ0n) is 11.2. The van der Waals surface area contributed by atoms with Crippen molar-refractivity contribution < 1.29 is 4.79 Å². The number of pyridine rings is 1. The van der Waals surface area contributed by atoms with Gasteiger partial charge in [-0.1, -0.05) is 6.07 Å². The molecular weight excluding hydrogens is 236 g/mol. The fourth-order valence-electron chi connectivity index (χ4n) is 2.67. The van der Waals surface area contributed by atoms with Gasteiger partial charge in [0.1, 0.15) is 0 Å². The summed E-state index contributed by atoms with van der Waals surface area (Å²) in [4.78, 5) is 16.2. The van der Waals surface area contributed by atoms with Crippen LogP contribution in [0.15, 0.2) is 30.6 Å². The van der Waals surface area contributed by atoms with Crippen molar-refractivity contribution in [3.05, 3.63) is 52.8 Å². The Labute approximate surface area is 112 Å². The van der Waals surface area contributed by atoms with Crippen LogP contribution in [0.3, 0.4) is 0 Å². The summed E-state index contributed by atoms with van der Waals surface area (Å²) in [5, 5.41) is 2.90. The van der Waals surface area contributed by atoms with E-state index in [-0.39, 0.29) is 5.91 Å². The molecule has 0 bridgehead atoms. The Bertz CT molecular complexity index is 662. The van der Waals surface area contributed by atoms with Gasteiger partial charge in [-0.05, 0) is 54.7 Å². The van der Waals surface area contributed by atoms with Crippen molar-refractivity contribution in [3.63, 3.8) is 0 Å². The first kappa shape index (κ1) is 11.9. The van der Waals surface area contributed by atoms with Crippen LogP contribution < -0.4 is 5.32 Å². The highest BCUT2D eigenvalue weighted by Gasteiger charge is 2.21. The quantitative estimate of drug-likeness (QED) is 0.847. The van der Waals surface area contributed by atoms with Gasteiger partial charge in [0.15, 0.2) is 0 Å². The average Bonchev–Trinajstić information content (AvgIpc) is 2.40. The normalized spacial score (nSPS) is 13.9. The number of nitrogens with one attached hydrogen (secondary N) is 1. The Hall–Kier alpha value is -2.16. The summed E-state index contributed by atoms with van der Waals surface area (Å²) in [7, 11) is 0. The summed E-state index contributed by atoms with van der Waals surface area (Å²) in [5.41, 5.74) is 6.52. The number of carbonyl (C=O) groups is 1. The van der Waals surface area contributed by atoms with Gasteiger partial charge in [-0.3, -0.25) is 9.78 Å². The lowest BCUT2D eigenvalue weighted by molar-refractivity contribution is 0.0946. The molecule has 1 aromatic carbocycles. The molecule has 1 aliphatic rings. The maximum atomic E-state index is 12.0. The molecule has 96 valence electrons. The summed E-state index contributed by atoms with van der Waals surface area (Å²) < 4.78 is 0. The number of hydrogen-bond donors (Lipinski definition) is 1. The van der Waals surface area contributed by atoms with Crippen molar-refractivity contribution >= 4 is 5.91 Å². The highest BCUT2D eigenvalue weighted by Crippen LogP contribution is 2.31. The molecule has 1 aromatic heterocycles. The van der Waals surface area contributed by atoms with Gasteiger partial charge in [0.25, 0.3) is 5.91 Å². The van der Waals surface area contributed by atoms with Crippen molar-refractivity contribution in [2.24, 2.45) is 0 Å². The van der Waals surface area contributed by atoms with Crippen LogP contribution in [0.2, 0.25) is 0 Å². The summed E-state index contributed by atoms with van der Waals surface area (Å²) in [5.74, 6) is 0.0349. The summed E-state index contributed by atoms with van der Waals surface area (Å²) in [6, 6.07) is 6.13. The molecule has 0 radical (unpaired) electrons. The van der Waals surface area contributed by atoms with E-state index >= 15 is 0 Å². The molecule has 0 atom stereocenters. The molecule has 0 aliphatic carbocycles. The Morgan fingerprint density at radius 2 is 1.95 bits per heavy atom. The van der Waals surface area contributed by atoms with Gasteiger partial charge >= 0.3 is 0 Å². The van der Waals surface area contributed by atoms with Crippen LogP contribution in [-0.4, -0.2) is 17.4 Å². The highest BCUT2D eigenvalue weighted by molar-refractivity contribution is 5.99. The SMILES string of the molecule is Cc1cc2c(c(-c3cnccc3C)c1)CCNC2=O. The summed E-state index contributed by atoms with van der Waals surface area (Å²) in [6.45, 7) is 4.81. The van der Waals surface area contributed by atoms with Crippen molar-refractivity contribution in [1.82, 2.24) is 10.3 Å². The van der Waals surface area contributed by atoms with Crippen molar-refractivity contribution in [2.75, 3.05) is 6.54 Å². The smallest absolute Gasteiger partial charge is 0.251 e. The molecule has 0 saturated heterocycles. The van der Waals surface area contributed by atoms with Crippen LogP contribution in [0.5, 0.6) is 0 Å². The third-order valence-corrected chi connectivity index (χ3v) is 3.63. The molecule has 1 N–H and O–H groups in total. The van der Waals surface area contributed by atoms with Gasteiger partial charge < -0.3 is 5.32 Å². The number of rotatable bonds is 1. The Kier molecular flexibility index (Phi) is 2.82. The van der Waals surface area contributed by atoms with Crippen LogP contribution in [-0.2, 0) is 6.42 Å². The third kappa shape index (κ3) is 2.01. The molecule has 2 heterocycles. The lowest BCUT2D eigenvalue weighted by Crippen LogP contribution is -2.32. The van der Waals surface area contributed by atoms with Crippen LogP contribution >= 0.6 is 0 Å². The fourth-order valence-corrected chi connectivity index (χ4v) is 2.67. The largest absolute Gasteiger partial charge is 0.352 e. The second kappa shape index (κ2) is 4.50. The topological polar surface area (TPSA) is 42.0 Å². The second-order valence-corrected chi connectivity index (χ2v) is 5.04. The molecule has 19 heavy (non-hydrogen) atoms. The number of aryl methyl sites for hydroxylation is 2. The van der Waals surface area contributed by atoms with Gasteiger partial charge in [-0.25, -0.2) is 0 Å². The monoisotopic (exact) mass is 252 g/mol. The fraction of sp³-hybridized carbons (Fsp3) is 0.250. The maximum absolute atomic E-state index is 12.0. The van der Waals surface area contributed by atoms with E-state index in [0.717, 1.165) is 34.2 Å². The standard InChI is InChI=1S/C16H16N2O/c1-10-7-13(15-9-17-5-3-11(15)2)12-4-6-18-16(19)14(12)8-10/h3,5,7-9H,4,6H2,1-2H3,(H,18,19). The van der Waals surface area contributed by atoms with E-state index < -0.39 is 0 Å². The van der Waals surface area contributed by atoms with Crippen LogP contribution in [0, 0.1) is 13.8 Å². The zero-order valence-corrected chi connectivity index (χ0v) is 11.2. The van der Waals surface area contributed by atoms with E-state index in [4.69, 9.17) is 0 Å². The van der Waals surface area contributed by atoms with Gasteiger partial charge in [0, 0.05) is 30.1 Å². The first-order chi connectivity index (χ1) is 9.16. The predicted molar refractivity (Wildman–Crippen MR) is 75.2 cm³/mol. The summed E-state index contributed by atoms with van der Waals surface area (Å²) >= 11 is 0. The number of hydrogen-bond acceptors (Lipinski definition) is 2. The van der Waals surface area contributed by atoms with Crippen LogP contribution in [0.25, 0.3) is 11.1 Å². The van der Waals surface area contributed by atoms with Crippen LogP contribution in [0.4, 0.5) is 0 Å².